The normalized spacial score (nSPS) is 14.1. The number of esters is 1. The van der Waals surface area contributed by atoms with Crippen LogP contribution in [-0.4, -0.2) is 51.3 Å². The van der Waals surface area contributed by atoms with Crippen LogP contribution in [0.15, 0.2) is 30.3 Å². The Morgan fingerprint density at radius 2 is 2.00 bits per heavy atom. The van der Waals surface area contributed by atoms with Crippen molar-refractivity contribution in [3.05, 3.63) is 35.9 Å². The molecule has 0 fully saturated rings. The van der Waals surface area contributed by atoms with E-state index in [1.165, 1.54) is 7.11 Å². The Kier molecular flexibility index (Phi) is 6.64. The molecule has 0 aliphatic rings. The lowest BCUT2D eigenvalue weighted by atomic mass is 9.90. The van der Waals surface area contributed by atoms with Gasteiger partial charge in [0.05, 0.1) is 13.7 Å². The molecule has 0 spiro atoms. The first kappa shape index (κ1) is 16.6. The minimum atomic E-state index is -1.17. The summed E-state index contributed by atoms with van der Waals surface area (Å²) in [6, 6.07) is 9.29. The van der Waals surface area contributed by atoms with Crippen LogP contribution in [0.4, 0.5) is 0 Å². The number of carbonyl (C=O) groups is 1. The summed E-state index contributed by atoms with van der Waals surface area (Å²) in [7, 11) is 3.26. The van der Waals surface area contributed by atoms with Gasteiger partial charge in [0.15, 0.2) is 5.54 Å². The standard InChI is InChI=1S/C15H24N2O3/c1-4-20-11-10-17(2)12-15(16,14(18)19-3)13-8-6-5-7-9-13/h5-9H,4,10-12,16H2,1-3H3. The number of ether oxygens (including phenoxy) is 2. The van der Waals surface area contributed by atoms with Crippen LogP contribution < -0.4 is 5.73 Å². The molecule has 1 unspecified atom stereocenters. The van der Waals surface area contributed by atoms with Gasteiger partial charge in [-0.05, 0) is 19.5 Å². The molecule has 0 saturated carbocycles. The number of nitrogens with two attached hydrogens (primary N) is 1. The Hall–Kier alpha value is -1.43. The Morgan fingerprint density at radius 1 is 1.35 bits per heavy atom. The highest BCUT2D eigenvalue weighted by Crippen LogP contribution is 2.20. The van der Waals surface area contributed by atoms with Gasteiger partial charge in [-0.2, -0.15) is 0 Å². The van der Waals surface area contributed by atoms with Gasteiger partial charge in [0.25, 0.3) is 0 Å². The molecule has 20 heavy (non-hydrogen) atoms. The maximum atomic E-state index is 12.1. The highest BCUT2D eigenvalue weighted by Gasteiger charge is 2.38. The summed E-state index contributed by atoms with van der Waals surface area (Å²) in [4.78, 5) is 14.1. The third-order valence-electron chi connectivity index (χ3n) is 3.18. The fourth-order valence-corrected chi connectivity index (χ4v) is 2.06. The van der Waals surface area contributed by atoms with Crippen LogP contribution >= 0.6 is 0 Å². The molecule has 1 aromatic rings. The van der Waals surface area contributed by atoms with Crippen molar-refractivity contribution in [2.45, 2.75) is 12.5 Å². The SMILES string of the molecule is CCOCCN(C)CC(N)(C(=O)OC)c1ccccc1. The summed E-state index contributed by atoms with van der Waals surface area (Å²) in [5, 5.41) is 0. The monoisotopic (exact) mass is 280 g/mol. The third kappa shape index (κ3) is 4.30. The van der Waals surface area contributed by atoms with Crippen molar-refractivity contribution in [2.75, 3.05) is 40.5 Å². The van der Waals surface area contributed by atoms with E-state index in [4.69, 9.17) is 15.2 Å². The van der Waals surface area contributed by atoms with Crippen LogP contribution in [0.5, 0.6) is 0 Å². The molecule has 0 aliphatic heterocycles. The molecule has 0 saturated heterocycles. The fourth-order valence-electron chi connectivity index (χ4n) is 2.06. The minimum Gasteiger partial charge on any atom is -0.467 e. The van der Waals surface area contributed by atoms with E-state index in [1.54, 1.807) is 0 Å². The van der Waals surface area contributed by atoms with E-state index < -0.39 is 11.5 Å². The van der Waals surface area contributed by atoms with Gasteiger partial charge < -0.3 is 20.1 Å². The summed E-state index contributed by atoms with van der Waals surface area (Å²) in [6.07, 6.45) is 0. The number of nitrogens with zero attached hydrogens (tertiary/aromatic N) is 1. The largest absolute Gasteiger partial charge is 0.467 e. The van der Waals surface area contributed by atoms with Crippen LogP contribution in [0, 0.1) is 0 Å². The first-order valence-corrected chi connectivity index (χ1v) is 6.73. The highest BCUT2D eigenvalue weighted by atomic mass is 16.5. The van der Waals surface area contributed by atoms with Crippen molar-refractivity contribution in [3.8, 4) is 0 Å². The van der Waals surface area contributed by atoms with Gasteiger partial charge in [-0.15, -0.1) is 0 Å². The molecule has 1 atom stereocenters. The number of carbonyl (C=O) groups excluding carboxylic acids is 1. The predicted octanol–water partition coefficient (Wildman–Crippen LogP) is 0.982. The zero-order valence-electron chi connectivity index (χ0n) is 12.5. The second-order valence-corrected chi connectivity index (χ2v) is 4.76. The predicted molar refractivity (Wildman–Crippen MR) is 78.3 cm³/mol. The number of hydrogen-bond acceptors (Lipinski definition) is 5. The summed E-state index contributed by atoms with van der Waals surface area (Å²) in [5.41, 5.74) is 5.90. The van der Waals surface area contributed by atoms with E-state index in [2.05, 4.69) is 0 Å². The Bertz CT molecular complexity index is 411. The quantitative estimate of drug-likeness (QED) is 0.568. The van der Waals surface area contributed by atoms with Crippen LogP contribution in [-0.2, 0) is 19.8 Å². The van der Waals surface area contributed by atoms with Gasteiger partial charge in [-0.1, -0.05) is 30.3 Å². The summed E-state index contributed by atoms with van der Waals surface area (Å²) in [6.45, 7) is 4.31. The van der Waals surface area contributed by atoms with Gasteiger partial charge in [-0.25, -0.2) is 4.79 Å². The van der Waals surface area contributed by atoms with Crippen molar-refractivity contribution < 1.29 is 14.3 Å². The van der Waals surface area contributed by atoms with Gasteiger partial charge in [0.1, 0.15) is 0 Å². The number of methoxy groups -OCH3 is 1. The molecule has 0 radical (unpaired) electrons. The Morgan fingerprint density at radius 3 is 2.55 bits per heavy atom. The van der Waals surface area contributed by atoms with Crippen LogP contribution in [0.2, 0.25) is 0 Å². The molecule has 112 valence electrons. The molecule has 1 rings (SSSR count). The van der Waals surface area contributed by atoms with Gasteiger partial charge in [0.2, 0.25) is 0 Å². The second-order valence-electron chi connectivity index (χ2n) is 4.76. The lowest BCUT2D eigenvalue weighted by molar-refractivity contribution is -0.148. The topological polar surface area (TPSA) is 64.8 Å². The maximum Gasteiger partial charge on any atom is 0.331 e. The van der Waals surface area contributed by atoms with Gasteiger partial charge >= 0.3 is 5.97 Å². The molecule has 5 nitrogen and oxygen atoms in total. The first-order valence-electron chi connectivity index (χ1n) is 6.73. The molecule has 0 heterocycles. The van der Waals surface area contributed by atoms with E-state index in [-0.39, 0.29) is 0 Å². The van der Waals surface area contributed by atoms with E-state index in [9.17, 15) is 4.79 Å². The van der Waals surface area contributed by atoms with Crippen LogP contribution in [0.3, 0.4) is 0 Å². The number of rotatable bonds is 8. The molecular weight excluding hydrogens is 256 g/mol. The van der Waals surface area contributed by atoms with Crippen molar-refractivity contribution >= 4 is 5.97 Å². The number of likely N-dealkylation sites (N-methyl/N-ethyl adjacent to an activating group) is 1. The zero-order chi connectivity index (χ0) is 15.0. The number of hydrogen-bond donors (Lipinski definition) is 1. The summed E-state index contributed by atoms with van der Waals surface area (Å²) in [5.74, 6) is -0.438. The first-order chi connectivity index (χ1) is 9.54. The highest BCUT2D eigenvalue weighted by molar-refractivity contribution is 5.82. The molecule has 0 aliphatic carbocycles. The van der Waals surface area contributed by atoms with Gasteiger partial charge in [0, 0.05) is 19.7 Å². The molecule has 1 aromatic carbocycles. The Balaban J connectivity index is 2.82. The van der Waals surface area contributed by atoms with Crippen molar-refractivity contribution in [2.24, 2.45) is 5.73 Å². The van der Waals surface area contributed by atoms with Crippen molar-refractivity contribution in [1.29, 1.82) is 0 Å². The minimum absolute atomic E-state index is 0.372. The average molecular weight is 280 g/mol. The van der Waals surface area contributed by atoms with Crippen LogP contribution in [0.1, 0.15) is 12.5 Å². The maximum absolute atomic E-state index is 12.1. The van der Waals surface area contributed by atoms with Crippen molar-refractivity contribution in [3.63, 3.8) is 0 Å². The lowest BCUT2D eigenvalue weighted by Crippen LogP contribution is -2.53. The summed E-state index contributed by atoms with van der Waals surface area (Å²) >= 11 is 0. The molecular formula is C15H24N2O3. The Labute approximate surface area is 120 Å². The fraction of sp³-hybridized carbons (Fsp3) is 0.533. The van der Waals surface area contributed by atoms with E-state index in [0.717, 1.165) is 5.56 Å². The van der Waals surface area contributed by atoms with Crippen LogP contribution in [0.25, 0.3) is 0 Å². The van der Waals surface area contributed by atoms with E-state index in [0.29, 0.717) is 26.3 Å². The molecule has 5 heteroatoms. The van der Waals surface area contributed by atoms with Gasteiger partial charge in [-0.3, -0.25) is 0 Å². The lowest BCUT2D eigenvalue weighted by Gasteiger charge is -2.31. The average Bonchev–Trinajstić information content (AvgIpc) is 2.47. The second kappa shape index (κ2) is 7.99. The third-order valence-corrected chi connectivity index (χ3v) is 3.18. The zero-order valence-corrected chi connectivity index (χ0v) is 12.5. The smallest absolute Gasteiger partial charge is 0.331 e. The number of benzene rings is 1. The molecule has 2 N–H and O–H groups in total. The molecule has 0 bridgehead atoms. The summed E-state index contributed by atoms with van der Waals surface area (Å²) < 4.78 is 10.2. The molecule has 0 aromatic heterocycles. The van der Waals surface area contributed by atoms with Crippen molar-refractivity contribution in [1.82, 2.24) is 4.90 Å². The molecule has 0 amide bonds. The van der Waals surface area contributed by atoms with E-state index >= 15 is 0 Å². The van der Waals surface area contributed by atoms with E-state index in [1.807, 2.05) is 49.2 Å².